The van der Waals surface area contributed by atoms with Gasteiger partial charge in [0.05, 0.1) is 0 Å². The average Bonchev–Trinajstić information content (AvgIpc) is 2.48. The maximum atomic E-state index is 11.7. The summed E-state index contributed by atoms with van der Waals surface area (Å²) >= 11 is 0. The number of hydrogen-bond donors (Lipinski definition) is 0. The second-order valence-electron chi connectivity index (χ2n) is 5.66. The number of aryl methyl sites for hydroxylation is 1. The number of nitrogens with zero attached hydrogens (tertiary/aromatic N) is 2. The lowest BCUT2D eigenvalue weighted by atomic mass is 9.92. The zero-order chi connectivity index (χ0) is 15.7. The van der Waals surface area contributed by atoms with Crippen molar-refractivity contribution in [2.75, 3.05) is 0 Å². The predicted octanol–water partition coefficient (Wildman–Crippen LogP) is 4.31. The van der Waals surface area contributed by atoms with Gasteiger partial charge in [-0.3, -0.25) is 4.79 Å². The van der Waals surface area contributed by atoms with Crippen LogP contribution in [0.4, 0.5) is 0 Å². The van der Waals surface area contributed by atoms with E-state index in [0.29, 0.717) is 18.8 Å². The van der Waals surface area contributed by atoms with Crippen LogP contribution < -0.4 is 0 Å². The Morgan fingerprint density at radius 2 is 1.86 bits per heavy atom. The lowest BCUT2D eigenvalue weighted by Gasteiger charge is -2.14. The molecule has 0 aliphatic carbocycles. The highest BCUT2D eigenvalue weighted by Crippen LogP contribution is 2.20. The van der Waals surface area contributed by atoms with Gasteiger partial charge in [-0.1, -0.05) is 46.1 Å². The Morgan fingerprint density at radius 1 is 1.19 bits per heavy atom. The summed E-state index contributed by atoms with van der Waals surface area (Å²) in [5.41, 5.74) is 2.34. The normalized spacial score (nSPS) is 13.2. The van der Waals surface area contributed by atoms with Crippen molar-refractivity contribution < 1.29 is 4.79 Å². The van der Waals surface area contributed by atoms with Gasteiger partial charge in [-0.15, -0.1) is 0 Å². The van der Waals surface area contributed by atoms with Gasteiger partial charge in [0.15, 0.2) is 5.78 Å². The molecular formula is C18H28N2O. The molecule has 1 unspecified atom stereocenters. The van der Waals surface area contributed by atoms with Gasteiger partial charge in [-0.25, -0.2) is 9.97 Å². The summed E-state index contributed by atoms with van der Waals surface area (Å²) in [6, 6.07) is 0. The van der Waals surface area contributed by atoms with E-state index < -0.39 is 0 Å². The van der Waals surface area contributed by atoms with Crippen LogP contribution in [0.3, 0.4) is 0 Å². The zero-order valence-electron chi connectivity index (χ0n) is 13.9. The highest BCUT2D eigenvalue weighted by molar-refractivity contribution is 5.90. The van der Waals surface area contributed by atoms with E-state index in [9.17, 15) is 4.79 Å². The topological polar surface area (TPSA) is 42.9 Å². The molecule has 0 radical (unpaired) electrons. The van der Waals surface area contributed by atoms with Crippen LogP contribution in [0.2, 0.25) is 0 Å². The van der Waals surface area contributed by atoms with Crippen molar-refractivity contribution in [1.29, 1.82) is 0 Å². The van der Waals surface area contributed by atoms with E-state index in [2.05, 4.69) is 30.7 Å². The zero-order valence-corrected chi connectivity index (χ0v) is 13.9. The van der Waals surface area contributed by atoms with E-state index >= 15 is 0 Å². The summed E-state index contributed by atoms with van der Waals surface area (Å²) in [4.78, 5) is 20.6. The largest absolute Gasteiger partial charge is 0.295 e. The van der Waals surface area contributed by atoms with Crippen molar-refractivity contribution in [3.05, 3.63) is 35.4 Å². The van der Waals surface area contributed by atoms with E-state index in [4.69, 9.17) is 0 Å². The van der Waals surface area contributed by atoms with Gasteiger partial charge < -0.3 is 0 Å². The van der Waals surface area contributed by atoms with Gasteiger partial charge in [0.2, 0.25) is 0 Å². The molecule has 21 heavy (non-hydrogen) atoms. The van der Waals surface area contributed by atoms with E-state index in [0.717, 1.165) is 37.1 Å². The van der Waals surface area contributed by atoms with E-state index in [-0.39, 0.29) is 5.78 Å². The fourth-order valence-corrected chi connectivity index (χ4v) is 2.37. The number of aromatic nitrogens is 2. The van der Waals surface area contributed by atoms with Crippen LogP contribution in [0, 0.1) is 5.92 Å². The fourth-order valence-electron chi connectivity index (χ4n) is 2.37. The van der Waals surface area contributed by atoms with Crippen LogP contribution in [0.1, 0.15) is 64.8 Å². The van der Waals surface area contributed by atoms with Crippen LogP contribution in [0.25, 0.3) is 0 Å². The molecule has 1 atom stereocenters. The Kier molecular flexibility index (Phi) is 7.88. The van der Waals surface area contributed by atoms with Crippen LogP contribution in [0.15, 0.2) is 24.0 Å². The molecule has 0 aliphatic heterocycles. The van der Waals surface area contributed by atoms with Gasteiger partial charge in [0, 0.05) is 25.2 Å². The maximum Gasteiger partial charge on any atom is 0.155 e. The number of allylic oxidation sites excluding steroid dienone is 2. The molecule has 0 spiro atoms. The van der Waals surface area contributed by atoms with Crippen LogP contribution in [-0.2, 0) is 17.6 Å². The highest BCUT2D eigenvalue weighted by atomic mass is 16.1. The second kappa shape index (κ2) is 9.43. The van der Waals surface area contributed by atoms with Gasteiger partial charge in [0.1, 0.15) is 5.82 Å². The molecule has 0 fully saturated rings. The molecule has 0 amide bonds. The summed E-state index contributed by atoms with van der Waals surface area (Å²) < 4.78 is 0. The Morgan fingerprint density at radius 3 is 2.38 bits per heavy atom. The lowest BCUT2D eigenvalue weighted by molar-refractivity contribution is -0.114. The molecule has 1 aromatic heterocycles. The van der Waals surface area contributed by atoms with Crippen LogP contribution >= 0.6 is 0 Å². The van der Waals surface area contributed by atoms with Gasteiger partial charge in [-0.2, -0.15) is 0 Å². The molecular weight excluding hydrogens is 260 g/mol. The molecule has 116 valence electrons. The summed E-state index contributed by atoms with van der Waals surface area (Å²) in [6.45, 7) is 8.41. The maximum absolute atomic E-state index is 11.7. The van der Waals surface area contributed by atoms with Crippen molar-refractivity contribution in [2.24, 2.45) is 5.92 Å². The Balaban J connectivity index is 2.84. The number of hydrogen-bond acceptors (Lipinski definition) is 3. The Labute approximate surface area is 128 Å². The summed E-state index contributed by atoms with van der Waals surface area (Å²) in [6.07, 6.45) is 11.2. The Hall–Kier alpha value is -1.51. The minimum absolute atomic E-state index is 0.190. The lowest BCUT2D eigenvalue weighted by Crippen LogP contribution is -2.08. The minimum atomic E-state index is 0.190. The third-order valence-corrected chi connectivity index (χ3v) is 3.71. The van der Waals surface area contributed by atoms with Gasteiger partial charge in [0.25, 0.3) is 0 Å². The molecule has 0 saturated heterocycles. The van der Waals surface area contributed by atoms with Crippen molar-refractivity contribution in [2.45, 2.75) is 66.2 Å². The molecule has 1 heterocycles. The first-order valence-electron chi connectivity index (χ1n) is 8.13. The molecule has 0 aromatic carbocycles. The first-order valence-corrected chi connectivity index (χ1v) is 8.13. The smallest absolute Gasteiger partial charge is 0.155 e. The minimum Gasteiger partial charge on any atom is -0.295 e. The Bertz CT molecular complexity index is 463. The third-order valence-electron chi connectivity index (χ3n) is 3.71. The summed E-state index contributed by atoms with van der Waals surface area (Å²) in [5.74, 6) is 1.41. The average molecular weight is 288 g/mol. The van der Waals surface area contributed by atoms with Crippen molar-refractivity contribution >= 4 is 5.78 Å². The molecule has 3 heteroatoms. The monoisotopic (exact) mass is 288 g/mol. The van der Waals surface area contributed by atoms with Gasteiger partial charge in [-0.05, 0) is 30.4 Å². The molecule has 0 saturated carbocycles. The SMILES string of the molecule is CCCc1cnc(C/C(=C/C(=O)CC)C(C)CCC)nc1. The van der Waals surface area contributed by atoms with Crippen LogP contribution in [0.5, 0.6) is 0 Å². The predicted molar refractivity (Wildman–Crippen MR) is 87.2 cm³/mol. The first-order chi connectivity index (χ1) is 10.1. The number of ketones is 1. The fraction of sp³-hybridized carbons (Fsp3) is 0.611. The van der Waals surface area contributed by atoms with E-state index in [1.54, 1.807) is 0 Å². The standard InChI is InChI=1S/C18H28N2O/c1-5-8-14(4)16(10-17(21)7-3)11-18-19-12-15(9-6-2)13-20-18/h10,12-14H,5-9,11H2,1-4H3/b16-10-. The number of carbonyl (C=O) groups is 1. The summed E-state index contributed by atoms with van der Waals surface area (Å²) in [7, 11) is 0. The molecule has 0 bridgehead atoms. The van der Waals surface area contributed by atoms with Gasteiger partial charge >= 0.3 is 0 Å². The number of rotatable bonds is 9. The highest BCUT2D eigenvalue weighted by Gasteiger charge is 2.12. The third kappa shape index (κ3) is 6.19. The second-order valence-corrected chi connectivity index (χ2v) is 5.66. The number of carbonyl (C=O) groups excluding carboxylic acids is 1. The van der Waals surface area contributed by atoms with E-state index in [1.165, 1.54) is 5.56 Å². The first kappa shape index (κ1) is 17.5. The molecule has 1 rings (SSSR count). The molecule has 3 nitrogen and oxygen atoms in total. The molecule has 0 N–H and O–H groups in total. The molecule has 0 aliphatic rings. The van der Waals surface area contributed by atoms with Crippen molar-refractivity contribution in [1.82, 2.24) is 9.97 Å². The quantitative estimate of drug-likeness (QED) is 0.636. The molecule has 1 aromatic rings. The van der Waals surface area contributed by atoms with Crippen molar-refractivity contribution in [3.8, 4) is 0 Å². The van der Waals surface area contributed by atoms with Crippen molar-refractivity contribution in [3.63, 3.8) is 0 Å². The van der Waals surface area contributed by atoms with E-state index in [1.807, 2.05) is 25.4 Å². The summed E-state index contributed by atoms with van der Waals surface area (Å²) in [5, 5.41) is 0. The van der Waals surface area contributed by atoms with Crippen LogP contribution in [-0.4, -0.2) is 15.8 Å².